The molecule has 5 heteroatoms. The maximum atomic E-state index is 5.32. The van der Waals surface area contributed by atoms with Crippen LogP contribution in [0.15, 0.2) is 18.5 Å². The molecule has 56 valence electrons. The fourth-order valence-corrected chi connectivity index (χ4v) is 0.394. The number of nitrogens with zero attached hydrogens (tertiary/aromatic N) is 2. The highest BCUT2D eigenvalue weighted by molar-refractivity contribution is 6.28. The lowest BCUT2D eigenvalue weighted by molar-refractivity contribution is 1.17. The van der Waals surface area contributed by atoms with Gasteiger partial charge in [0.25, 0.3) is 0 Å². The van der Waals surface area contributed by atoms with Crippen LogP contribution < -0.4 is 5.73 Å². The largest absolute Gasteiger partial charge is 0.318 e. The molecule has 0 unspecified atom stereocenters. The highest BCUT2D eigenvalue weighted by Crippen LogP contribution is 1.92. The van der Waals surface area contributed by atoms with Gasteiger partial charge in [0.2, 0.25) is 5.28 Å². The Hall–Kier alpha value is -0.380. The van der Waals surface area contributed by atoms with Gasteiger partial charge in [0.1, 0.15) is 0 Å². The molecule has 0 amide bonds. The van der Waals surface area contributed by atoms with Crippen LogP contribution in [-0.2, 0) is 0 Å². The van der Waals surface area contributed by atoms with E-state index in [1.165, 1.54) is 0 Å². The zero-order chi connectivity index (χ0) is 7.82. The van der Waals surface area contributed by atoms with E-state index in [1.54, 1.807) is 18.5 Å². The number of halogens is 2. The Balaban J connectivity index is 0.000000236. The summed E-state index contributed by atoms with van der Waals surface area (Å²) in [7, 11) is 0. The van der Waals surface area contributed by atoms with Crippen LogP contribution in [0.25, 0.3) is 0 Å². The number of rotatable bonds is 0. The summed E-state index contributed by atoms with van der Waals surface area (Å²) in [5.41, 5.74) is 4.61. The van der Waals surface area contributed by atoms with Gasteiger partial charge in [-0.1, -0.05) is 0 Å². The van der Waals surface area contributed by atoms with E-state index >= 15 is 0 Å². The molecule has 1 rings (SSSR count). The summed E-state index contributed by atoms with van der Waals surface area (Å²) < 4.78 is 0. The molecule has 2 N–H and O–H groups in total. The molecular weight excluding hydrogens is 173 g/mol. The quantitative estimate of drug-likeness (QED) is 0.371. The third-order valence-electron chi connectivity index (χ3n) is 0.534. The van der Waals surface area contributed by atoms with Crippen molar-refractivity contribution in [2.75, 3.05) is 6.00 Å². The molecule has 1 heterocycles. The predicted octanol–water partition coefficient (Wildman–Crippen LogP) is 1.27. The van der Waals surface area contributed by atoms with Crippen molar-refractivity contribution in [2.24, 2.45) is 5.73 Å². The van der Waals surface area contributed by atoms with E-state index in [-0.39, 0.29) is 6.00 Å². The standard InChI is InChI=1S/C4H3ClN2.CH4ClN/c5-4-6-2-1-3-7-4;2-1-3/h1-3H;1,3H2. The lowest BCUT2D eigenvalue weighted by Crippen LogP contribution is -1.83. The van der Waals surface area contributed by atoms with E-state index in [0.717, 1.165) is 0 Å². The van der Waals surface area contributed by atoms with Crippen molar-refractivity contribution < 1.29 is 0 Å². The average molecular weight is 180 g/mol. The predicted molar refractivity (Wildman–Crippen MR) is 41.9 cm³/mol. The zero-order valence-electron chi connectivity index (χ0n) is 5.17. The van der Waals surface area contributed by atoms with Crippen molar-refractivity contribution in [1.29, 1.82) is 0 Å². The summed E-state index contributed by atoms with van der Waals surface area (Å²) in [6, 6.07) is 1.94. The van der Waals surface area contributed by atoms with Gasteiger partial charge in [-0.3, -0.25) is 0 Å². The van der Waals surface area contributed by atoms with E-state index in [1.807, 2.05) is 0 Å². The van der Waals surface area contributed by atoms with Gasteiger partial charge in [0.15, 0.2) is 0 Å². The van der Waals surface area contributed by atoms with Gasteiger partial charge < -0.3 is 5.73 Å². The summed E-state index contributed by atoms with van der Waals surface area (Å²) in [6.45, 7) is 0. The first-order valence-corrected chi connectivity index (χ1v) is 3.41. The van der Waals surface area contributed by atoms with Crippen molar-refractivity contribution in [2.45, 2.75) is 0 Å². The Labute approximate surface area is 69.2 Å². The molecule has 1 aromatic rings. The minimum atomic E-state index is 0.222. The van der Waals surface area contributed by atoms with Crippen molar-refractivity contribution in [1.82, 2.24) is 9.97 Å². The molecular formula is C5H7Cl2N3. The molecule has 0 fully saturated rings. The molecule has 0 radical (unpaired) electrons. The summed E-state index contributed by atoms with van der Waals surface area (Å²) in [5.74, 6) is 0. The minimum absolute atomic E-state index is 0.222. The van der Waals surface area contributed by atoms with Crippen LogP contribution in [-0.4, -0.2) is 16.0 Å². The second kappa shape index (κ2) is 6.74. The number of nitrogens with two attached hydrogens (primary N) is 1. The number of alkyl halides is 1. The van der Waals surface area contributed by atoms with Crippen LogP contribution in [0.3, 0.4) is 0 Å². The smallest absolute Gasteiger partial charge is 0.222 e. The maximum absolute atomic E-state index is 5.32. The van der Waals surface area contributed by atoms with Crippen molar-refractivity contribution >= 4 is 23.2 Å². The topological polar surface area (TPSA) is 51.8 Å². The van der Waals surface area contributed by atoms with Crippen LogP contribution in [0.1, 0.15) is 0 Å². The number of aromatic nitrogens is 2. The van der Waals surface area contributed by atoms with E-state index in [9.17, 15) is 0 Å². The van der Waals surface area contributed by atoms with Gasteiger partial charge in [0, 0.05) is 12.4 Å². The van der Waals surface area contributed by atoms with Gasteiger partial charge in [-0.25, -0.2) is 9.97 Å². The Kier molecular flexibility index (Phi) is 6.48. The van der Waals surface area contributed by atoms with Gasteiger partial charge in [0.05, 0.1) is 6.00 Å². The summed E-state index contributed by atoms with van der Waals surface area (Å²) in [5, 5.41) is 0.294. The lowest BCUT2D eigenvalue weighted by Gasteiger charge is -1.78. The summed E-state index contributed by atoms with van der Waals surface area (Å²) >= 11 is 10.1. The highest BCUT2D eigenvalue weighted by Gasteiger charge is 1.78. The molecule has 0 aromatic carbocycles. The Morgan fingerprint density at radius 3 is 2.00 bits per heavy atom. The third kappa shape index (κ3) is 5.75. The summed E-state index contributed by atoms with van der Waals surface area (Å²) in [6.07, 6.45) is 3.19. The molecule has 0 saturated carbocycles. The normalized spacial score (nSPS) is 7.90. The van der Waals surface area contributed by atoms with Crippen LogP contribution >= 0.6 is 23.2 Å². The number of hydrogen-bond donors (Lipinski definition) is 1. The molecule has 0 spiro atoms. The van der Waals surface area contributed by atoms with Crippen molar-refractivity contribution in [3.8, 4) is 0 Å². The molecule has 0 bridgehead atoms. The van der Waals surface area contributed by atoms with Gasteiger partial charge in [-0.05, 0) is 17.7 Å². The molecule has 3 nitrogen and oxygen atoms in total. The van der Waals surface area contributed by atoms with Gasteiger partial charge >= 0.3 is 0 Å². The van der Waals surface area contributed by atoms with Gasteiger partial charge in [-0.15, -0.1) is 11.6 Å². The second-order valence-corrected chi connectivity index (χ2v) is 1.82. The molecule has 0 aliphatic rings. The van der Waals surface area contributed by atoms with Gasteiger partial charge in [-0.2, -0.15) is 0 Å². The maximum Gasteiger partial charge on any atom is 0.222 e. The minimum Gasteiger partial charge on any atom is -0.318 e. The summed E-state index contributed by atoms with van der Waals surface area (Å²) in [4.78, 5) is 7.27. The first-order chi connectivity index (χ1) is 4.81. The zero-order valence-corrected chi connectivity index (χ0v) is 6.68. The van der Waals surface area contributed by atoms with Crippen LogP contribution in [0, 0.1) is 0 Å². The molecule has 0 aliphatic heterocycles. The SMILES string of the molecule is Clc1ncccn1.NCCl. The third-order valence-corrected chi connectivity index (χ3v) is 0.729. The molecule has 10 heavy (non-hydrogen) atoms. The molecule has 0 saturated heterocycles. The van der Waals surface area contributed by atoms with E-state index < -0.39 is 0 Å². The Morgan fingerprint density at radius 2 is 1.80 bits per heavy atom. The number of hydrogen-bond acceptors (Lipinski definition) is 3. The van der Waals surface area contributed by atoms with E-state index in [2.05, 4.69) is 15.7 Å². The van der Waals surface area contributed by atoms with Crippen LogP contribution in [0.4, 0.5) is 0 Å². The lowest BCUT2D eigenvalue weighted by atomic mass is 10.7. The monoisotopic (exact) mass is 179 g/mol. The fraction of sp³-hybridized carbons (Fsp3) is 0.200. The Bertz CT molecular complexity index is 156. The molecule has 1 aromatic heterocycles. The second-order valence-electron chi connectivity index (χ2n) is 1.17. The van der Waals surface area contributed by atoms with E-state index in [0.29, 0.717) is 5.28 Å². The first-order valence-electron chi connectivity index (χ1n) is 2.49. The van der Waals surface area contributed by atoms with Crippen LogP contribution in [0.2, 0.25) is 5.28 Å². The molecule has 0 atom stereocenters. The highest BCUT2D eigenvalue weighted by atomic mass is 35.5. The Morgan fingerprint density at radius 1 is 1.40 bits per heavy atom. The van der Waals surface area contributed by atoms with E-state index in [4.69, 9.17) is 23.2 Å². The fourth-order valence-electron chi connectivity index (χ4n) is 0.281. The van der Waals surface area contributed by atoms with Crippen molar-refractivity contribution in [3.05, 3.63) is 23.7 Å². The van der Waals surface area contributed by atoms with Crippen molar-refractivity contribution in [3.63, 3.8) is 0 Å². The average Bonchev–Trinajstić information content (AvgIpc) is 1.91. The van der Waals surface area contributed by atoms with Crippen LogP contribution in [0.5, 0.6) is 0 Å². The molecule has 0 aliphatic carbocycles. The first kappa shape index (κ1) is 9.62.